The molecule has 2 heterocycles. The Balaban J connectivity index is 2.14. The van der Waals surface area contributed by atoms with Crippen LogP contribution >= 0.6 is 11.3 Å². The molecule has 0 spiro atoms. The molecule has 0 saturated carbocycles. The molecule has 1 aromatic heterocycles. The second kappa shape index (κ2) is 5.25. The smallest absolute Gasteiger partial charge is 0.238 e. The summed E-state index contributed by atoms with van der Waals surface area (Å²) in [6, 6.07) is 4.25. The summed E-state index contributed by atoms with van der Waals surface area (Å²) in [4.78, 5) is 16.6. The molecule has 1 aromatic rings. The van der Waals surface area contributed by atoms with Gasteiger partial charge in [0.15, 0.2) is 0 Å². The second-order valence-electron chi connectivity index (χ2n) is 6.55. The Morgan fingerprint density at radius 2 is 2.16 bits per heavy atom. The first kappa shape index (κ1) is 14.5. The summed E-state index contributed by atoms with van der Waals surface area (Å²) in [6.07, 6.45) is 0.0657. The number of nitrogens with one attached hydrogen (secondary N) is 1. The number of carbonyl (C=O) groups excluding carboxylic acids is 1. The van der Waals surface area contributed by atoms with E-state index < -0.39 is 0 Å². The van der Waals surface area contributed by atoms with Crippen molar-refractivity contribution in [2.45, 2.75) is 40.8 Å². The van der Waals surface area contributed by atoms with Crippen molar-refractivity contribution in [2.24, 2.45) is 11.3 Å². The number of hydrogen-bond donors (Lipinski definition) is 1. The number of carbonyl (C=O) groups is 1. The van der Waals surface area contributed by atoms with Crippen molar-refractivity contribution in [1.29, 1.82) is 0 Å². The Morgan fingerprint density at radius 3 is 2.68 bits per heavy atom. The predicted octanol–water partition coefficient (Wildman–Crippen LogP) is 3.17. The molecule has 0 radical (unpaired) electrons. The fourth-order valence-electron chi connectivity index (χ4n) is 2.17. The molecule has 1 amide bonds. The van der Waals surface area contributed by atoms with Gasteiger partial charge in [0.2, 0.25) is 5.91 Å². The van der Waals surface area contributed by atoms with E-state index in [9.17, 15) is 4.79 Å². The van der Waals surface area contributed by atoms with E-state index in [1.54, 1.807) is 11.3 Å². The summed E-state index contributed by atoms with van der Waals surface area (Å²) in [5.41, 5.74) is 0.221. The van der Waals surface area contributed by atoms with Crippen molar-refractivity contribution < 1.29 is 4.79 Å². The number of aryl methyl sites for hydroxylation is 1. The summed E-state index contributed by atoms with van der Waals surface area (Å²) in [7, 11) is 0. The molecule has 1 saturated heterocycles. The Kier molecular flexibility index (Phi) is 4.02. The quantitative estimate of drug-likeness (QED) is 0.922. The van der Waals surface area contributed by atoms with Crippen LogP contribution in [0.2, 0.25) is 0 Å². The third kappa shape index (κ3) is 3.18. The Labute approximate surface area is 120 Å². The van der Waals surface area contributed by atoms with Gasteiger partial charge in [-0.1, -0.05) is 27.7 Å². The van der Waals surface area contributed by atoms with Gasteiger partial charge in [0.05, 0.1) is 6.54 Å². The van der Waals surface area contributed by atoms with Crippen molar-refractivity contribution in [1.82, 2.24) is 10.2 Å². The van der Waals surface area contributed by atoms with Gasteiger partial charge >= 0.3 is 0 Å². The molecule has 3 nitrogen and oxygen atoms in total. The topological polar surface area (TPSA) is 32.3 Å². The average molecular weight is 280 g/mol. The van der Waals surface area contributed by atoms with Crippen molar-refractivity contribution in [3.05, 3.63) is 21.9 Å². The fourth-order valence-corrected chi connectivity index (χ4v) is 3.14. The highest BCUT2D eigenvalue weighted by Crippen LogP contribution is 2.32. The molecule has 0 aromatic carbocycles. The van der Waals surface area contributed by atoms with E-state index in [-0.39, 0.29) is 17.5 Å². The molecule has 4 heteroatoms. The standard InChI is InChI=1S/C15H24N2OS/c1-10(15(3,4)5)9-17-13(18)8-16-14(17)12-7-6-11(2)19-12/h6-7,10,14,16H,8-9H2,1-5H3. The molecule has 2 unspecified atom stereocenters. The lowest BCUT2D eigenvalue weighted by Crippen LogP contribution is -2.37. The third-order valence-corrected chi connectivity index (χ3v) is 5.11. The van der Waals surface area contributed by atoms with Gasteiger partial charge in [-0.25, -0.2) is 0 Å². The molecule has 0 aliphatic carbocycles. The lowest BCUT2D eigenvalue weighted by molar-refractivity contribution is -0.129. The van der Waals surface area contributed by atoms with Gasteiger partial charge in [0, 0.05) is 16.3 Å². The van der Waals surface area contributed by atoms with Gasteiger partial charge in [-0.15, -0.1) is 11.3 Å². The molecule has 2 atom stereocenters. The Bertz CT molecular complexity index is 461. The van der Waals surface area contributed by atoms with Crippen molar-refractivity contribution in [2.75, 3.05) is 13.1 Å². The summed E-state index contributed by atoms with van der Waals surface area (Å²) < 4.78 is 0. The minimum atomic E-state index is 0.0657. The van der Waals surface area contributed by atoms with Crippen molar-refractivity contribution >= 4 is 17.2 Å². The van der Waals surface area contributed by atoms with Crippen LogP contribution in [0.25, 0.3) is 0 Å². The van der Waals surface area contributed by atoms with Gasteiger partial charge in [-0.05, 0) is 30.4 Å². The summed E-state index contributed by atoms with van der Waals surface area (Å²) in [6.45, 7) is 12.3. The Hall–Kier alpha value is -0.870. The second-order valence-corrected chi connectivity index (χ2v) is 7.86. The first-order valence-electron chi connectivity index (χ1n) is 6.88. The number of hydrogen-bond acceptors (Lipinski definition) is 3. The molecule has 2 rings (SSSR count). The zero-order chi connectivity index (χ0) is 14.2. The van der Waals surface area contributed by atoms with E-state index in [0.29, 0.717) is 12.5 Å². The number of rotatable bonds is 3. The molecular formula is C15H24N2OS. The number of nitrogens with zero attached hydrogens (tertiary/aromatic N) is 1. The highest BCUT2D eigenvalue weighted by molar-refractivity contribution is 7.12. The molecule has 0 bridgehead atoms. The van der Waals surface area contributed by atoms with Crippen LogP contribution in [0.5, 0.6) is 0 Å². The summed E-state index contributed by atoms with van der Waals surface area (Å²) in [5, 5.41) is 3.33. The van der Waals surface area contributed by atoms with Crippen molar-refractivity contribution in [3.63, 3.8) is 0 Å². The monoisotopic (exact) mass is 280 g/mol. The summed E-state index contributed by atoms with van der Waals surface area (Å²) >= 11 is 1.77. The van der Waals surface area contributed by atoms with Crippen LogP contribution in [0, 0.1) is 18.3 Å². The van der Waals surface area contributed by atoms with Crippen molar-refractivity contribution in [3.8, 4) is 0 Å². The van der Waals surface area contributed by atoms with E-state index in [1.807, 2.05) is 4.90 Å². The van der Waals surface area contributed by atoms with Gasteiger partial charge in [0.25, 0.3) is 0 Å². The number of thiophene rings is 1. The zero-order valence-electron chi connectivity index (χ0n) is 12.5. The highest BCUT2D eigenvalue weighted by Gasteiger charge is 2.35. The maximum absolute atomic E-state index is 12.1. The highest BCUT2D eigenvalue weighted by atomic mass is 32.1. The van der Waals surface area contributed by atoms with Gasteiger partial charge in [0.1, 0.15) is 6.17 Å². The molecule has 1 aliphatic rings. The van der Waals surface area contributed by atoms with Gasteiger partial charge in [-0.3, -0.25) is 10.1 Å². The van der Waals surface area contributed by atoms with E-state index in [2.05, 4.69) is 52.1 Å². The first-order valence-corrected chi connectivity index (χ1v) is 7.70. The van der Waals surface area contributed by atoms with Gasteiger partial charge in [-0.2, -0.15) is 0 Å². The van der Waals surface area contributed by atoms with E-state index >= 15 is 0 Å². The van der Waals surface area contributed by atoms with Gasteiger partial charge < -0.3 is 4.90 Å². The molecule has 1 N–H and O–H groups in total. The average Bonchev–Trinajstić information content (AvgIpc) is 2.85. The van der Waals surface area contributed by atoms with Crippen LogP contribution in [0.15, 0.2) is 12.1 Å². The molecular weight excluding hydrogens is 256 g/mol. The molecule has 1 aliphatic heterocycles. The fraction of sp³-hybridized carbons (Fsp3) is 0.667. The van der Waals surface area contributed by atoms with Crippen LogP contribution < -0.4 is 5.32 Å². The largest absolute Gasteiger partial charge is 0.321 e. The maximum atomic E-state index is 12.1. The predicted molar refractivity (Wildman–Crippen MR) is 80.1 cm³/mol. The van der Waals surface area contributed by atoms with Crippen LogP contribution in [-0.4, -0.2) is 23.9 Å². The van der Waals surface area contributed by atoms with E-state index in [4.69, 9.17) is 0 Å². The molecule has 1 fully saturated rings. The van der Waals surface area contributed by atoms with E-state index in [1.165, 1.54) is 9.75 Å². The molecule has 106 valence electrons. The summed E-state index contributed by atoms with van der Waals surface area (Å²) in [5.74, 6) is 0.687. The van der Waals surface area contributed by atoms with Crippen LogP contribution in [-0.2, 0) is 4.79 Å². The number of amides is 1. The zero-order valence-corrected chi connectivity index (χ0v) is 13.3. The minimum absolute atomic E-state index is 0.0657. The normalized spacial score (nSPS) is 22.1. The lowest BCUT2D eigenvalue weighted by Gasteiger charge is -2.33. The van der Waals surface area contributed by atoms with Crippen LogP contribution in [0.4, 0.5) is 0 Å². The SMILES string of the molecule is Cc1ccc(C2NCC(=O)N2CC(C)C(C)(C)C)s1. The molecule has 19 heavy (non-hydrogen) atoms. The van der Waals surface area contributed by atoms with Crippen LogP contribution in [0.3, 0.4) is 0 Å². The van der Waals surface area contributed by atoms with E-state index in [0.717, 1.165) is 6.54 Å². The van der Waals surface area contributed by atoms with Crippen LogP contribution in [0.1, 0.15) is 43.6 Å². The third-order valence-electron chi connectivity index (χ3n) is 4.06. The lowest BCUT2D eigenvalue weighted by atomic mass is 9.82. The maximum Gasteiger partial charge on any atom is 0.238 e. The Morgan fingerprint density at radius 1 is 1.47 bits per heavy atom. The first-order chi connectivity index (χ1) is 8.79. The minimum Gasteiger partial charge on any atom is -0.321 e.